The SMILES string of the molecule is O=C(Cc1noc2ccccc12)N1CCN(CCBr)CC1. The zero-order valence-corrected chi connectivity index (χ0v) is 13.4. The third kappa shape index (κ3) is 3.27. The van der Waals surface area contributed by atoms with Gasteiger partial charge in [-0.2, -0.15) is 0 Å². The maximum absolute atomic E-state index is 12.4. The summed E-state index contributed by atoms with van der Waals surface area (Å²) in [6.45, 7) is 4.51. The number of amides is 1. The summed E-state index contributed by atoms with van der Waals surface area (Å²) in [6, 6.07) is 7.66. The molecule has 1 aromatic carbocycles. The number of hydrogen-bond donors (Lipinski definition) is 0. The van der Waals surface area contributed by atoms with Crippen molar-refractivity contribution in [3.05, 3.63) is 30.0 Å². The van der Waals surface area contributed by atoms with E-state index in [1.54, 1.807) is 0 Å². The summed E-state index contributed by atoms with van der Waals surface area (Å²) in [5.74, 6) is 0.132. The molecule has 3 rings (SSSR count). The second kappa shape index (κ2) is 6.58. The molecule has 6 heteroatoms. The molecule has 1 aliphatic rings. The van der Waals surface area contributed by atoms with E-state index in [0.717, 1.165) is 54.7 Å². The molecule has 0 radical (unpaired) electrons. The van der Waals surface area contributed by atoms with Crippen molar-refractivity contribution in [1.29, 1.82) is 0 Å². The highest BCUT2D eigenvalue weighted by Gasteiger charge is 2.22. The molecule has 1 aromatic heterocycles. The van der Waals surface area contributed by atoms with Gasteiger partial charge in [-0.1, -0.05) is 33.2 Å². The van der Waals surface area contributed by atoms with Gasteiger partial charge in [-0.3, -0.25) is 9.69 Å². The predicted molar refractivity (Wildman–Crippen MR) is 84.5 cm³/mol. The molecular formula is C15H18BrN3O2. The summed E-state index contributed by atoms with van der Waals surface area (Å²) < 4.78 is 5.25. The summed E-state index contributed by atoms with van der Waals surface area (Å²) in [7, 11) is 0. The van der Waals surface area contributed by atoms with E-state index in [1.807, 2.05) is 29.2 Å². The second-order valence-electron chi connectivity index (χ2n) is 5.21. The maximum Gasteiger partial charge on any atom is 0.228 e. The van der Waals surface area contributed by atoms with Crippen LogP contribution in [0.3, 0.4) is 0 Å². The van der Waals surface area contributed by atoms with Gasteiger partial charge in [0.05, 0.1) is 6.42 Å². The number of halogens is 1. The minimum absolute atomic E-state index is 0.132. The Morgan fingerprint density at radius 2 is 2.00 bits per heavy atom. The first-order chi connectivity index (χ1) is 10.3. The van der Waals surface area contributed by atoms with E-state index in [-0.39, 0.29) is 5.91 Å². The topological polar surface area (TPSA) is 49.6 Å². The Labute approximate surface area is 132 Å². The van der Waals surface area contributed by atoms with Crippen molar-refractivity contribution in [3.8, 4) is 0 Å². The van der Waals surface area contributed by atoms with Crippen LogP contribution in [-0.4, -0.2) is 58.9 Å². The van der Waals surface area contributed by atoms with Crippen molar-refractivity contribution in [2.75, 3.05) is 38.1 Å². The molecule has 0 N–H and O–H groups in total. The van der Waals surface area contributed by atoms with Crippen molar-refractivity contribution in [1.82, 2.24) is 15.0 Å². The summed E-state index contributed by atoms with van der Waals surface area (Å²) >= 11 is 3.45. The molecule has 0 spiro atoms. The molecule has 1 saturated heterocycles. The monoisotopic (exact) mass is 351 g/mol. The van der Waals surface area contributed by atoms with Crippen LogP contribution in [0.2, 0.25) is 0 Å². The van der Waals surface area contributed by atoms with Gasteiger partial charge in [0.2, 0.25) is 5.91 Å². The molecule has 1 amide bonds. The fourth-order valence-corrected chi connectivity index (χ4v) is 3.16. The van der Waals surface area contributed by atoms with E-state index in [0.29, 0.717) is 6.42 Å². The minimum atomic E-state index is 0.132. The Hall–Kier alpha value is -1.40. The average molecular weight is 352 g/mol. The third-order valence-electron chi connectivity index (χ3n) is 3.90. The zero-order chi connectivity index (χ0) is 14.7. The zero-order valence-electron chi connectivity index (χ0n) is 11.8. The number of hydrogen-bond acceptors (Lipinski definition) is 4. The van der Waals surface area contributed by atoms with Gasteiger partial charge in [0.25, 0.3) is 0 Å². The van der Waals surface area contributed by atoms with Gasteiger partial charge in [0, 0.05) is 43.4 Å². The van der Waals surface area contributed by atoms with Gasteiger partial charge >= 0.3 is 0 Å². The summed E-state index contributed by atoms with van der Waals surface area (Å²) in [6.07, 6.45) is 0.315. The Kier molecular flexibility index (Phi) is 4.55. The van der Waals surface area contributed by atoms with Crippen LogP contribution in [-0.2, 0) is 11.2 Å². The highest BCUT2D eigenvalue weighted by Crippen LogP contribution is 2.19. The smallest absolute Gasteiger partial charge is 0.228 e. The van der Waals surface area contributed by atoms with E-state index in [4.69, 9.17) is 4.52 Å². The highest BCUT2D eigenvalue weighted by molar-refractivity contribution is 9.09. The highest BCUT2D eigenvalue weighted by atomic mass is 79.9. The molecule has 21 heavy (non-hydrogen) atoms. The number of nitrogens with zero attached hydrogens (tertiary/aromatic N) is 3. The maximum atomic E-state index is 12.4. The molecule has 1 fully saturated rings. The predicted octanol–water partition coefficient (Wildman–Crippen LogP) is 1.91. The van der Waals surface area contributed by atoms with Crippen LogP contribution in [0, 0.1) is 0 Å². The molecule has 0 saturated carbocycles. The Morgan fingerprint density at radius 3 is 2.76 bits per heavy atom. The molecule has 2 heterocycles. The minimum Gasteiger partial charge on any atom is -0.356 e. The number of carbonyl (C=O) groups excluding carboxylic acids is 1. The Morgan fingerprint density at radius 1 is 1.24 bits per heavy atom. The van der Waals surface area contributed by atoms with Crippen LogP contribution in [0.15, 0.2) is 28.8 Å². The Balaban J connectivity index is 1.62. The number of para-hydroxylation sites is 1. The van der Waals surface area contributed by atoms with Crippen LogP contribution in [0.1, 0.15) is 5.69 Å². The van der Waals surface area contributed by atoms with E-state index in [9.17, 15) is 4.79 Å². The van der Waals surface area contributed by atoms with E-state index in [2.05, 4.69) is 26.0 Å². The number of alkyl halides is 1. The van der Waals surface area contributed by atoms with Crippen LogP contribution in [0.25, 0.3) is 11.0 Å². The van der Waals surface area contributed by atoms with Crippen LogP contribution >= 0.6 is 15.9 Å². The van der Waals surface area contributed by atoms with Crippen LogP contribution in [0.5, 0.6) is 0 Å². The van der Waals surface area contributed by atoms with Crippen molar-refractivity contribution >= 4 is 32.8 Å². The summed E-state index contributed by atoms with van der Waals surface area (Å²) in [5.41, 5.74) is 1.47. The van der Waals surface area contributed by atoms with Crippen LogP contribution < -0.4 is 0 Å². The number of benzene rings is 1. The van der Waals surface area contributed by atoms with Gasteiger partial charge in [0.1, 0.15) is 5.69 Å². The molecular weight excluding hydrogens is 334 g/mol. The van der Waals surface area contributed by atoms with Gasteiger partial charge in [-0.05, 0) is 12.1 Å². The van der Waals surface area contributed by atoms with Gasteiger partial charge < -0.3 is 9.42 Å². The standard InChI is InChI=1S/C15H18BrN3O2/c16-5-6-18-7-9-19(10-8-18)15(20)11-13-12-3-1-2-4-14(12)21-17-13/h1-4H,5-11H2. The van der Waals surface area contributed by atoms with E-state index >= 15 is 0 Å². The lowest BCUT2D eigenvalue weighted by Crippen LogP contribution is -2.49. The molecule has 5 nitrogen and oxygen atoms in total. The third-order valence-corrected chi connectivity index (χ3v) is 4.25. The molecule has 0 aliphatic carbocycles. The fraction of sp³-hybridized carbons (Fsp3) is 0.467. The van der Waals surface area contributed by atoms with Crippen molar-refractivity contribution in [3.63, 3.8) is 0 Å². The van der Waals surface area contributed by atoms with Crippen molar-refractivity contribution in [2.45, 2.75) is 6.42 Å². The van der Waals surface area contributed by atoms with Crippen molar-refractivity contribution < 1.29 is 9.32 Å². The Bertz CT molecular complexity index is 620. The second-order valence-corrected chi connectivity index (χ2v) is 6.01. The number of piperazine rings is 1. The quantitative estimate of drug-likeness (QED) is 0.789. The molecule has 0 atom stereocenters. The molecule has 112 valence electrons. The lowest BCUT2D eigenvalue weighted by atomic mass is 10.1. The van der Waals surface area contributed by atoms with E-state index in [1.165, 1.54) is 0 Å². The lowest BCUT2D eigenvalue weighted by Gasteiger charge is -2.34. The van der Waals surface area contributed by atoms with Gasteiger partial charge in [0.15, 0.2) is 5.58 Å². The number of carbonyl (C=O) groups is 1. The summed E-state index contributed by atoms with van der Waals surface area (Å²) in [5, 5.41) is 5.95. The molecule has 0 bridgehead atoms. The normalized spacial score (nSPS) is 16.5. The van der Waals surface area contributed by atoms with Gasteiger partial charge in [-0.15, -0.1) is 0 Å². The van der Waals surface area contributed by atoms with Gasteiger partial charge in [-0.25, -0.2) is 0 Å². The first kappa shape index (κ1) is 14.5. The molecule has 2 aromatic rings. The average Bonchev–Trinajstić information content (AvgIpc) is 2.92. The fourth-order valence-electron chi connectivity index (χ4n) is 2.66. The number of aromatic nitrogens is 1. The largest absolute Gasteiger partial charge is 0.356 e. The van der Waals surface area contributed by atoms with Crippen LogP contribution in [0.4, 0.5) is 0 Å². The first-order valence-corrected chi connectivity index (χ1v) is 8.29. The lowest BCUT2D eigenvalue weighted by molar-refractivity contribution is -0.132. The van der Waals surface area contributed by atoms with Crippen molar-refractivity contribution in [2.24, 2.45) is 0 Å². The summed E-state index contributed by atoms with van der Waals surface area (Å²) in [4.78, 5) is 16.7. The number of fused-ring (bicyclic) bond motifs is 1. The molecule has 1 aliphatic heterocycles. The molecule has 0 unspecified atom stereocenters. The number of rotatable bonds is 4. The first-order valence-electron chi connectivity index (χ1n) is 7.17. The van der Waals surface area contributed by atoms with E-state index < -0.39 is 0 Å².